The predicted octanol–water partition coefficient (Wildman–Crippen LogP) is 1.51. The molecular weight excluding hydrogens is 252 g/mol. The van der Waals surface area contributed by atoms with Crippen molar-refractivity contribution in [3.63, 3.8) is 0 Å². The molecule has 2 heterocycles. The van der Waals surface area contributed by atoms with Crippen LogP contribution >= 0.6 is 0 Å². The molecule has 0 aliphatic carbocycles. The number of carbonyl (C=O) groups is 1. The van der Waals surface area contributed by atoms with E-state index < -0.39 is 0 Å². The minimum atomic E-state index is -0.0532. The third kappa shape index (κ3) is 2.44. The molecule has 0 fully saturated rings. The molecular formula is C15H18N4O. The minimum absolute atomic E-state index is 0.0453. The Balaban J connectivity index is 1.73. The summed E-state index contributed by atoms with van der Waals surface area (Å²) in [6.07, 6.45) is 3.69. The summed E-state index contributed by atoms with van der Waals surface area (Å²) in [5.41, 5.74) is 4.21. The number of aromatic nitrogens is 2. The smallest absolute Gasteiger partial charge is 0.251 e. The van der Waals surface area contributed by atoms with E-state index in [-0.39, 0.29) is 11.9 Å². The van der Waals surface area contributed by atoms with Crippen LogP contribution < -0.4 is 10.6 Å². The molecule has 1 aromatic carbocycles. The lowest BCUT2D eigenvalue weighted by molar-refractivity contribution is 0.0940. The van der Waals surface area contributed by atoms with Gasteiger partial charge in [-0.2, -0.15) is 5.10 Å². The lowest BCUT2D eigenvalue weighted by Gasteiger charge is -2.12. The number of amides is 1. The zero-order valence-corrected chi connectivity index (χ0v) is 11.7. The Hall–Kier alpha value is -2.14. The Morgan fingerprint density at radius 3 is 2.95 bits per heavy atom. The summed E-state index contributed by atoms with van der Waals surface area (Å²) in [7, 11) is 1.87. The minimum Gasteiger partial charge on any atom is -0.345 e. The largest absolute Gasteiger partial charge is 0.345 e. The lowest BCUT2D eigenvalue weighted by Crippen LogP contribution is -2.26. The van der Waals surface area contributed by atoms with Crippen molar-refractivity contribution in [3.05, 3.63) is 52.8 Å². The highest BCUT2D eigenvalue weighted by molar-refractivity contribution is 5.94. The van der Waals surface area contributed by atoms with Crippen LogP contribution in [0.15, 0.2) is 30.6 Å². The maximum atomic E-state index is 12.3. The van der Waals surface area contributed by atoms with Crippen molar-refractivity contribution in [2.45, 2.75) is 26.1 Å². The Bertz CT molecular complexity index is 647. The first-order valence-corrected chi connectivity index (χ1v) is 6.75. The molecule has 2 N–H and O–H groups in total. The average Bonchev–Trinajstić information content (AvgIpc) is 3.05. The summed E-state index contributed by atoms with van der Waals surface area (Å²) >= 11 is 0. The first kappa shape index (κ1) is 12.9. The van der Waals surface area contributed by atoms with Gasteiger partial charge in [0, 0.05) is 37.5 Å². The Labute approximate surface area is 118 Å². The highest BCUT2D eigenvalue weighted by Gasteiger charge is 2.16. The Morgan fingerprint density at radius 2 is 2.20 bits per heavy atom. The highest BCUT2D eigenvalue weighted by atomic mass is 16.1. The van der Waals surface area contributed by atoms with Crippen LogP contribution in [0.3, 0.4) is 0 Å². The SMILES string of the molecule is CC(NC(=O)c1ccc2c(c1)CNC2)c1cnn(C)c1. The molecule has 20 heavy (non-hydrogen) atoms. The predicted molar refractivity (Wildman–Crippen MR) is 76.1 cm³/mol. The van der Waals surface area contributed by atoms with E-state index in [0.717, 1.165) is 18.7 Å². The molecule has 1 aliphatic heterocycles. The first-order chi connectivity index (χ1) is 9.63. The van der Waals surface area contributed by atoms with Crippen LogP contribution in [0.2, 0.25) is 0 Å². The van der Waals surface area contributed by atoms with Crippen LogP contribution in [0.4, 0.5) is 0 Å². The third-order valence-corrected chi connectivity index (χ3v) is 3.67. The number of carbonyl (C=O) groups excluding carboxylic acids is 1. The van der Waals surface area contributed by atoms with Crippen LogP contribution in [-0.4, -0.2) is 15.7 Å². The maximum Gasteiger partial charge on any atom is 0.251 e. The molecule has 1 amide bonds. The van der Waals surface area contributed by atoms with Crippen LogP contribution in [0.5, 0.6) is 0 Å². The summed E-state index contributed by atoms with van der Waals surface area (Å²) in [5, 5.41) is 10.4. The third-order valence-electron chi connectivity index (χ3n) is 3.67. The molecule has 0 radical (unpaired) electrons. The molecule has 5 heteroatoms. The number of nitrogens with one attached hydrogen (secondary N) is 2. The molecule has 1 unspecified atom stereocenters. The van der Waals surface area contributed by atoms with E-state index in [4.69, 9.17) is 0 Å². The summed E-state index contributed by atoms with van der Waals surface area (Å²) in [6.45, 7) is 3.70. The van der Waals surface area contributed by atoms with Crippen LogP contribution in [0, 0.1) is 0 Å². The van der Waals surface area contributed by atoms with E-state index in [9.17, 15) is 4.79 Å². The van der Waals surface area contributed by atoms with E-state index in [2.05, 4.69) is 15.7 Å². The fraction of sp³-hybridized carbons (Fsp3) is 0.333. The van der Waals surface area contributed by atoms with E-state index >= 15 is 0 Å². The maximum absolute atomic E-state index is 12.3. The zero-order chi connectivity index (χ0) is 14.1. The van der Waals surface area contributed by atoms with Crippen molar-refractivity contribution in [3.8, 4) is 0 Å². The second kappa shape index (κ2) is 5.09. The average molecular weight is 270 g/mol. The van der Waals surface area contributed by atoms with Crippen molar-refractivity contribution < 1.29 is 4.79 Å². The fourth-order valence-electron chi connectivity index (χ4n) is 2.46. The summed E-state index contributed by atoms with van der Waals surface area (Å²) in [4.78, 5) is 12.3. The molecule has 5 nitrogen and oxygen atoms in total. The number of benzene rings is 1. The fourth-order valence-corrected chi connectivity index (χ4v) is 2.46. The number of rotatable bonds is 3. The van der Waals surface area contributed by atoms with Crippen LogP contribution in [0.1, 0.15) is 40.0 Å². The Morgan fingerprint density at radius 1 is 1.40 bits per heavy atom. The number of nitrogens with zero attached hydrogens (tertiary/aromatic N) is 2. The monoisotopic (exact) mass is 270 g/mol. The van der Waals surface area contributed by atoms with Crippen molar-refractivity contribution in [1.29, 1.82) is 0 Å². The number of aryl methyl sites for hydroxylation is 1. The van der Waals surface area contributed by atoms with Gasteiger partial charge in [-0.1, -0.05) is 6.07 Å². The molecule has 0 spiro atoms. The van der Waals surface area contributed by atoms with E-state index in [0.29, 0.717) is 5.56 Å². The normalized spacial score (nSPS) is 14.9. The van der Waals surface area contributed by atoms with Gasteiger partial charge in [0.05, 0.1) is 12.2 Å². The van der Waals surface area contributed by atoms with Crippen molar-refractivity contribution >= 4 is 5.91 Å². The van der Waals surface area contributed by atoms with Crippen molar-refractivity contribution in [2.24, 2.45) is 7.05 Å². The summed E-state index contributed by atoms with van der Waals surface area (Å²) in [6, 6.07) is 5.83. The molecule has 1 atom stereocenters. The number of hydrogen-bond acceptors (Lipinski definition) is 3. The molecule has 3 rings (SSSR count). The van der Waals surface area contributed by atoms with Gasteiger partial charge in [-0.25, -0.2) is 0 Å². The van der Waals surface area contributed by atoms with Gasteiger partial charge in [-0.05, 0) is 30.2 Å². The molecule has 104 valence electrons. The second-order valence-electron chi connectivity index (χ2n) is 5.23. The molecule has 0 bridgehead atoms. The van der Waals surface area contributed by atoms with Gasteiger partial charge in [-0.15, -0.1) is 0 Å². The molecule has 0 saturated heterocycles. The summed E-state index contributed by atoms with van der Waals surface area (Å²) in [5.74, 6) is -0.0453. The molecule has 0 saturated carbocycles. The van der Waals surface area contributed by atoms with Gasteiger partial charge in [0.25, 0.3) is 5.91 Å². The van der Waals surface area contributed by atoms with E-state index in [1.807, 2.05) is 38.4 Å². The molecule has 2 aromatic rings. The molecule has 1 aromatic heterocycles. The Kier molecular flexibility index (Phi) is 3.28. The van der Waals surface area contributed by atoms with Crippen LogP contribution in [-0.2, 0) is 20.1 Å². The topological polar surface area (TPSA) is 59.0 Å². The van der Waals surface area contributed by atoms with Crippen molar-refractivity contribution in [2.75, 3.05) is 0 Å². The van der Waals surface area contributed by atoms with Gasteiger partial charge in [0.1, 0.15) is 0 Å². The standard InChI is InChI=1S/C15H18N4O/c1-10(14-8-17-19(2)9-14)18-15(20)11-3-4-12-6-16-7-13(12)5-11/h3-5,8-10,16H,6-7H2,1-2H3,(H,18,20). The highest BCUT2D eigenvalue weighted by Crippen LogP contribution is 2.18. The second-order valence-corrected chi connectivity index (χ2v) is 5.23. The van der Waals surface area contributed by atoms with E-state index in [1.54, 1.807) is 10.9 Å². The van der Waals surface area contributed by atoms with E-state index in [1.165, 1.54) is 11.1 Å². The quantitative estimate of drug-likeness (QED) is 0.889. The van der Waals surface area contributed by atoms with Gasteiger partial charge in [0.15, 0.2) is 0 Å². The van der Waals surface area contributed by atoms with Gasteiger partial charge in [0.2, 0.25) is 0 Å². The summed E-state index contributed by atoms with van der Waals surface area (Å²) < 4.78 is 1.74. The van der Waals surface area contributed by atoms with Crippen molar-refractivity contribution in [1.82, 2.24) is 20.4 Å². The number of hydrogen-bond donors (Lipinski definition) is 2. The van der Waals surface area contributed by atoms with Gasteiger partial charge in [-0.3, -0.25) is 9.48 Å². The zero-order valence-electron chi connectivity index (χ0n) is 11.7. The number of fused-ring (bicyclic) bond motifs is 1. The lowest BCUT2D eigenvalue weighted by atomic mass is 10.1. The van der Waals surface area contributed by atoms with Gasteiger partial charge < -0.3 is 10.6 Å². The van der Waals surface area contributed by atoms with Crippen LogP contribution in [0.25, 0.3) is 0 Å². The molecule has 1 aliphatic rings. The van der Waals surface area contributed by atoms with Gasteiger partial charge >= 0.3 is 0 Å². The first-order valence-electron chi connectivity index (χ1n) is 6.75.